The zero-order chi connectivity index (χ0) is 16.2. The van der Waals surface area contributed by atoms with Crippen LogP contribution in [0.3, 0.4) is 0 Å². The number of rotatable bonds is 1. The molecule has 0 unspecified atom stereocenters. The SMILES string of the molecule is Oc1ccc2ccccc2c1-c1cccc2ccccc12.[O]=[Ti]. The van der Waals surface area contributed by atoms with Crippen molar-refractivity contribution in [3.63, 3.8) is 0 Å². The standard InChI is InChI=1S/C20H14O.O.Ti/c21-19-13-12-15-7-2-4-10-17(15)20(19)18-11-5-8-14-6-1-3-9-16(14)18;;/h1-13,21H;;. The summed E-state index contributed by atoms with van der Waals surface area (Å²) >= 11 is 0.750. The molecule has 0 amide bonds. The molecular formula is C20H14O2Ti. The number of aromatic hydroxyl groups is 1. The summed E-state index contributed by atoms with van der Waals surface area (Å²) in [5.74, 6) is 0.324. The second-order valence-corrected chi connectivity index (χ2v) is 5.21. The number of hydrogen-bond donors (Lipinski definition) is 1. The molecule has 0 aromatic heterocycles. The summed E-state index contributed by atoms with van der Waals surface area (Å²) in [6.45, 7) is 0. The summed E-state index contributed by atoms with van der Waals surface area (Å²) in [5.41, 5.74) is 1.98. The van der Waals surface area contributed by atoms with E-state index >= 15 is 0 Å². The van der Waals surface area contributed by atoms with Crippen molar-refractivity contribution in [1.29, 1.82) is 0 Å². The van der Waals surface area contributed by atoms with Crippen LogP contribution in [-0.2, 0) is 23.7 Å². The average Bonchev–Trinajstić information content (AvgIpc) is 2.63. The monoisotopic (exact) mass is 334 g/mol. The Morgan fingerprint density at radius 1 is 0.609 bits per heavy atom. The molecule has 0 saturated heterocycles. The number of fused-ring (bicyclic) bond motifs is 2. The minimum absolute atomic E-state index is 0.324. The fraction of sp³-hybridized carbons (Fsp3) is 0. The molecule has 0 radical (unpaired) electrons. The third-order valence-corrected chi connectivity index (χ3v) is 3.97. The third-order valence-electron chi connectivity index (χ3n) is 3.97. The molecule has 0 aliphatic carbocycles. The van der Waals surface area contributed by atoms with Crippen LogP contribution in [0.5, 0.6) is 5.75 Å². The molecule has 2 nitrogen and oxygen atoms in total. The van der Waals surface area contributed by atoms with E-state index in [1.165, 1.54) is 5.39 Å². The van der Waals surface area contributed by atoms with Crippen LogP contribution in [0.4, 0.5) is 0 Å². The number of benzene rings is 4. The van der Waals surface area contributed by atoms with Crippen LogP contribution in [0.2, 0.25) is 0 Å². The van der Waals surface area contributed by atoms with Gasteiger partial charge in [0.05, 0.1) is 0 Å². The van der Waals surface area contributed by atoms with Gasteiger partial charge in [-0.25, -0.2) is 0 Å². The summed E-state index contributed by atoms with van der Waals surface area (Å²) in [4.78, 5) is 0. The van der Waals surface area contributed by atoms with Gasteiger partial charge in [-0.05, 0) is 33.2 Å². The normalized spacial score (nSPS) is 10.2. The van der Waals surface area contributed by atoms with Crippen LogP contribution < -0.4 is 0 Å². The molecule has 0 heterocycles. The molecule has 3 heteroatoms. The first kappa shape index (κ1) is 15.6. The zero-order valence-corrected chi connectivity index (χ0v) is 13.9. The molecule has 0 aliphatic heterocycles. The van der Waals surface area contributed by atoms with E-state index in [0.717, 1.165) is 47.7 Å². The first-order chi connectivity index (χ1) is 11.3. The van der Waals surface area contributed by atoms with Crippen LogP contribution in [-0.4, -0.2) is 5.11 Å². The van der Waals surface area contributed by atoms with Gasteiger partial charge in [0.2, 0.25) is 0 Å². The number of phenols is 1. The molecule has 0 spiro atoms. The maximum atomic E-state index is 10.4. The van der Waals surface area contributed by atoms with E-state index in [1.807, 2.05) is 36.4 Å². The van der Waals surface area contributed by atoms with Crippen molar-refractivity contribution in [2.45, 2.75) is 0 Å². The van der Waals surface area contributed by atoms with Gasteiger partial charge >= 0.3 is 23.7 Å². The van der Waals surface area contributed by atoms with Crippen molar-refractivity contribution in [3.8, 4) is 16.9 Å². The predicted molar refractivity (Wildman–Crippen MR) is 89.2 cm³/mol. The van der Waals surface area contributed by atoms with Gasteiger partial charge < -0.3 is 5.11 Å². The summed E-state index contributed by atoms with van der Waals surface area (Å²) < 4.78 is 8.25. The minimum atomic E-state index is 0.324. The van der Waals surface area contributed by atoms with Crippen molar-refractivity contribution in [1.82, 2.24) is 0 Å². The van der Waals surface area contributed by atoms with Gasteiger partial charge in [-0.1, -0.05) is 72.8 Å². The first-order valence-corrected chi connectivity index (χ1v) is 7.87. The Morgan fingerprint density at radius 3 is 1.91 bits per heavy atom. The van der Waals surface area contributed by atoms with Crippen molar-refractivity contribution in [2.24, 2.45) is 0 Å². The Bertz CT molecular complexity index is 974. The van der Waals surface area contributed by atoms with Crippen molar-refractivity contribution in [3.05, 3.63) is 78.9 Å². The fourth-order valence-electron chi connectivity index (χ4n) is 2.99. The maximum absolute atomic E-state index is 10.4. The molecule has 0 atom stereocenters. The van der Waals surface area contributed by atoms with E-state index in [4.69, 9.17) is 3.32 Å². The fourth-order valence-corrected chi connectivity index (χ4v) is 2.99. The molecule has 23 heavy (non-hydrogen) atoms. The summed E-state index contributed by atoms with van der Waals surface area (Å²) in [6, 6.07) is 26.4. The van der Waals surface area contributed by atoms with Crippen LogP contribution in [0.1, 0.15) is 0 Å². The van der Waals surface area contributed by atoms with Gasteiger partial charge in [0.25, 0.3) is 0 Å². The van der Waals surface area contributed by atoms with Gasteiger partial charge in [0.1, 0.15) is 5.75 Å². The molecule has 1 N–H and O–H groups in total. The van der Waals surface area contributed by atoms with E-state index in [2.05, 4.69) is 36.4 Å². The second-order valence-electron chi connectivity index (χ2n) is 5.21. The number of phenolic OH excluding ortho intramolecular Hbond substituents is 1. The predicted octanol–water partition coefficient (Wildman–Crippen LogP) is 5.24. The Hall–Kier alpha value is -2.29. The molecular weight excluding hydrogens is 320 g/mol. The van der Waals surface area contributed by atoms with Gasteiger partial charge in [-0.2, -0.15) is 0 Å². The second kappa shape index (κ2) is 6.86. The molecule has 4 aromatic rings. The average molecular weight is 334 g/mol. The molecule has 0 bridgehead atoms. The van der Waals surface area contributed by atoms with Crippen molar-refractivity contribution in [2.75, 3.05) is 0 Å². The van der Waals surface area contributed by atoms with Gasteiger partial charge in [-0.3, -0.25) is 0 Å². The van der Waals surface area contributed by atoms with E-state index < -0.39 is 0 Å². The van der Waals surface area contributed by atoms with E-state index in [0.29, 0.717) is 5.75 Å². The summed E-state index contributed by atoms with van der Waals surface area (Å²) in [6.07, 6.45) is 0. The Morgan fingerprint density at radius 2 is 1.17 bits per heavy atom. The Balaban J connectivity index is 0.000000753. The topological polar surface area (TPSA) is 37.3 Å². The number of hydrogen-bond acceptors (Lipinski definition) is 2. The first-order valence-electron chi connectivity index (χ1n) is 7.24. The Kier molecular flexibility index (Phi) is 4.66. The van der Waals surface area contributed by atoms with Gasteiger partial charge in [-0.15, -0.1) is 0 Å². The Labute approximate surface area is 146 Å². The van der Waals surface area contributed by atoms with Crippen LogP contribution in [0.25, 0.3) is 32.7 Å². The van der Waals surface area contributed by atoms with Gasteiger partial charge in [0.15, 0.2) is 0 Å². The third kappa shape index (κ3) is 2.83. The van der Waals surface area contributed by atoms with E-state index in [1.54, 1.807) is 6.07 Å². The zero-order valence-electron chi connectivity index (χ0n) is 12.4. The molecule has 0 fully saturated rings. The molecule has 4 aromatic carbocycles. The molecule has 110 valence electrons. The van der Waals surface area contributed by atoms with Crippen LogP contribution in [0, 0.1) is 0 Å². The van der Waals surface area contributed by atoms with E-state index in [-0.39, 0.29) is 0 Å². The van der Waals surface area contributed by atoms with Crippen molar-refractivity contribution < 1.29 is 28.8 Å². The van der Waals surface area contributed by atoms with Crippen LogP contribution in [0.15, 0.2) is 78.9 Å². The molecule has 4 rings (SSSR count). The molecule has 0 saturated carbocycles. The summed E-state index contributed by atoms with van der Waals surface area (Å²) in [7, 11) is 0. The van der Waals surface area contributed by atoms with E-state index in [9.17, 15) is 5.11 Å². The quantitative estimate of drug-likeness (QED) is 0.483. The van der Waals surface area contributed by atoms with Gasteiger partial charge in [0, 0.05) is 5.56 Å². The summed E-state index contributed by atoms with van der Waals surface area (Å²) in [5, 5.41) is 15.0. The van der Waals surface area contributed by atoms with Crippen LogP contribution >= 0.6 is 0 Å². The van der Waals surface area contributed by atoms with Crippen molar-refractivity contribution >= 4 is 21.5 Å². The molecule has 0 aliphatic rings.